The van der Waals surface area contributed by atoms with Crippen LogP contribution >= 0.6 is 0 Å². The minimum atomic E-state index is -0.836. The average Bonchev–Trinajstić information content (AvgIpc) is 3.39. The van der Waals surface area contributed by atoms with Crippen LogP contribution in [0.3, 0.4) is 0 Å². The van der Waals surface area contributed by atoms with Crippen LogP contribution in [0, 0.1) is 0 Å². The SMILES string of the molecule is O=C(N[C@H]1CC[C@@H](F)CC1)c1c(O)c2cccnc2n(CCN2CC3CC2CO3)c1=O. The number of aromatic nitrogens is 2. The average molecular weight is 430 g/mol. The van der Waals surface area contributed by atoms with Gasteiger partial charge in [-0.2, -0.15) is 0 Å². The molecule has 1 amide bonds. The zero-order chi connectivity index (χ0) is 21.5. The Labute approximate surface area is 179 Å². The predicted octanol–water partition coefficient (Wildman–Crippen LogP) is 1.59. The summed E-state index contributed by atoms with van der Waals surface area (Å²) in [6.45, 7) is 2.56. The van der Waals surface area contributed by atoms with E-state index in [1.807, 2.05) is 0 Å². The molecule has 2 aromatic rings. The number of fused-ring (bicyclic) bond motifs is 3. The van der Waals surface area contributed by atoms with Crippen LogP contribution < -0.4 is 10.9 Å². The summed E-state index contributed by atoms with van der Waals surface area (Å²) < 4.78 is 20.5. The second-order valence-corrected chi connectivity index (χ2v) is 8.82. The number of alkyl halides is 1. The van der Waals surface area contributed by atoms with Crippen molar-refractivity contribution in [3.63, 3.8) is 0 Å². The minimum absolute atomic E-state index is 0.198. The molecule has 9 heteroatoms. The maximum absolute atomic E-state index is 13.4. The molecule has 3 aliphatic rings. The summed E-state index contributed by atoms with van der Waals surface area (Å²) in [5, 5.41) is 14.0. The highest BCUT2D eigenvalue weighted by molar-refractivity contribution is 6.01. The first-order valence-corrected chi connectivity index (χ1v) is 11.0. The lowest BCUT2D eigenvalue weighted by molar-refractivity contribution is 0.0294. The van der Waals surface area contributed by atoms with Crippen LogP contribution in [0.4, 0.5) is 4.39 Å². The largest absolute Gasteiger partial charge is 0.506 e. The van der Waals surface area contributed by atoms with E-state index in [0.717, 1.165) is 13.0 Å². The maximum Gasteiger partial charge on any atom is 0.268 e. The van der Waals surface area contributed by atoms with E-state index in [1.54, 1.807) is 18.3 Å². The third kappa shape index (κ3) is 3.80. The number of hydrogen-bond acceptors (Lipinski definition) is 6. The molecule has 1 saturated carbocycles. The van der Waals surface area contributed by atoms with Crippen molar-refractivity contribution in [3.8, 4) is 5.75 Å². The fourth-order valence-corrected chi connectivity index (χ4v) is 5.11. The van der Waals surface area contributed by atoms with Crippen molar-refractivity contribution in [3.05, 3.63) is 34.2 Å². The van der Waals surface area contributed by atoms with Crippen molar-refractivity contribution in [1.82, 2.24) is 19.8 Å². The van der Waals surface area contributed by atoms with Crippen LogP contribution in [0.15, 0.2) is 23.1 Å². The summed E-state index contributed by atoms with van der Waals surface area (Å²) in [5.41, 5.74) is -0.463. The summed E-state index contributed by atoms with van der Waals surface area (Å²) in [6, 6.07) is 3.49. The minimum Gasteiger partial charge on any atom is -0.506 e. The molecule has 2 aliphatic heterocycles. The maximum atomic E-state index is 13.4. The van der Waals surface area contributed by atoms with E-state index < -0.39 is 17.6 Å². The number of amides is 1. The first-order valence-electron chi connectivity index (χ1n) is 11.0. The number of nitrogens with one attached hydrogen (secondary N) is 1. The van der Waals surface area contributed by atoms with E-state index in [2.05, 4.69) is 15.2 Å². The monoisotopic (exact) mass is 430 g/mol. The molecule has 3 fully saturated rings. The molecule has 2 unspecified atom stereocenters. The van der Waals surface area contributed by atoms with Crippen LogP contribution in [-0.2, 0) is 11.3 Å². The zero-order valence-electron chi connectivity index (χ0n) is 17.3. The fourth-order valence-electron chi connectivity index (χ4n) is 5.11. The van der Waals surface area contributed by atoms with Gasteiger partial charge in [-0.1, -0.05) is 0 Å². The van der Waals surface area contributed by atoms with E-state index in [4.69, 9.17) is 4.74 Å². The molecule has 31 heavy (non-hydrogen) atoms. The standard InChI is InChI=1S/C22H27FN4O4/c23-13-3-5-14(6-4-13)25-21(29)18-19(28)17-2-1-7-24-20(17)27(22(18)30)9-8-26-11-16-10-15(26)12-31-16/h1-2,7,13-16,28H,3-6,8-12H2,(H,25,29)/t13-,14+,15?,16?. The van der Waals surface area contributed by atoms with Gasteiger partial charge in [0.1, 0.15) is 23.1 Å². The van der Waals surface area contributed by atoms with Gasteiger partial charge >= 0.3 is 0 Å². The molecule has 2 N–H and O–H groups in total. The lowest BCUT2D eigenvalue weighted by Crippen LogP contribution is -2.43. The molecule has 8 nitrogen and oxygen atoms in total. The summed E-state index contributed by atoms with van der Waals surface area (Å²) in [7, 11) is 0. The molecule has 166 valence electrons. The van der Waals surface area contributed by atoms with E-state index in [0.29, 0.717) is 62.5 Å². The number of ether oxygens (including phenoxy) is 1. The number of halogens is 1. The topological polar surface area (TPSA) is 96.7 Å². The molecule has 2 atom stereocenters. The van der Waals surface area contributed by atoms with Crippen molar-refractivity contribution in [2.24, 2.45) is 0 Å². The van der Waals surface area contributed by atoms with Gasteiger partial charge in [0, 0.05) is 37.9 Å². The number of nitrogens with zero attached hydrogens (tertiary/aromatic N) is 3. The third-order valence-electron chi connectivity index (χ3n) is 6.84. The number of morpholine rings is 1. The Bertz CT molecular complexity index is 1050. The Kier molecular flexibility index (Phi) is 5.39. The first kappa shape index (κ1) is 20.4. The summed E-state index contributed by atoms with van der Waals surface area (Å²) in [5.74, 6) is -0.965. The van der Waals surface area contributed by atoms with Gasteiger partial charge in [0.25, 0.3) is 11.5 Å². The van der Waals surface area contributed by atoms with Crippen LogP contribution in [0.2, 0.25) is 0 Å². The normalized spacial score (nSPS) is 28.3. The van der Waals surface area contributed by atoms with Gasteiger partial charge in [0.05, 0.1) is 18.1 Å². The molecular weight excluding hydrogens is 403 g/mol. The predicted molar refractivity (Wildman–Crippen MR) is 112 cm³/mol. The number of likely N-dealkylation sites (tertiary alicyclic amines) is 1. The van der Waals surface area contributed by atoms with Gasteiger partial charge in [-0.25, -0.2) is 9.37 Å². The number of rotatable bonds is 5. The first-order chi connectivity index (χ1) is 15.0. The molecule has 2 saturated heterocycles. The van der Waals surface area contributed by atoms with Crippen LogP contribution in [0.25, 0.3) is 11.0 Å². The van der Waals surface area contributed by atoms with E-state index >= 15 is 0 Å². The highest BCUT2D eigenvalue weighted by atomic mass is 19.1. The van der Waals surface area contributed by atoms with Gasteiger partial charge in [-0.3, -0.25) is 19.1 Å². The van der Waals surface area contributed by atoms with Gasteiger partial charge in [-0.15, -0.1) is 0 Å². The number of carbonyl (C=O) groups is 1. The molecule has 4 heterocycles. The summed E-state index contributed by atoms with van der Waals surface area (Å²) in [6.07, 6.45) is 3.84. The highest BCUT2D eigenvalue weighted by Crippen LogP contribution is 2.29. The molecular formula is C22H27FN4O4. The number of hydrogen-bond donors (Lipinski definition) is 2. The molecule has 0 aromatic carbocycles. The van der Waals surface area contributed by atoms with Crippen LogP contribution in [0.5, 0.6) is 5.75 Å². The fraction of sp³-hybridized carbons (Fsp3) is 0.591. The van der Waals surface area contributed by atoms with Crippen molar-refractivity contribution in [1.29, 1.82) is 0 Å². The van der Waals surface area contributed by atoms with E-state index in [1.165, 1.54) is 4.57 Å². The molecule has 2 aromatic heterocycles. The van der Waals surface area contributed by atoms with Crippen molar-refractivity contribution in [2.45, 2.75) is 63.0 Å². The van der Waals surface area contributed by atoms with Crippen molar-refractivity contribution in [2.75, 3.05) is 19.7 Å². The smallest absolute Gasteiger partial charge is 0.268 e. The van der Waals surface area contributed by atoms with Crippen molar-refractivity contribution >= 4 is 16.9 Å². The Morgan fingerprint density at radius 1 is 1.29 bits per heavy atom. The lowest BCUT2D eigenvalue weighted by atomic mass is 9.94. The Balaban J connectivity index is 1.44. The quantitative estimate of drug-likeness (QED) is 0.748. The summed E-state index contributed by atoms with van der Waals surface area (Å²) in [4.78, 5) is 32.9. The van der Waals surface area contributed by atoms with Gasteiger partial charge in [0.15, 0.2) is 0 Å². The molecule has 2 bridgehead atoms. The van der Waals surface area contributed by atoms with Gasteiger partial charge < -0.3 is 15.2 Å². The lowest BCUT2D eigenvalue weighted by Gasteiger charge is -2.27. The second-order valence-electron chi connectivity index (χ2n) is 8.82. The number of carbonyl (C=O) groups excluding carboxylic acids is 1. The Morgan fingerprint density at radius 3 is 2.81 bits per heavy atom. The second kappa shape index (κ2) is 8.20. The molecule has 0 spiro atoms. The molecule has 1 aliphatic carbocycles. The van der Waals surface area contributed by atoms with Gasteiger partial charge in [0.2, 0.25) is 0 Å². The molecule has 0 radical (unpaired) electrons. The zero-order valence-corrected chi connectivity index (χ0v) is 17.3. The Hall–Kier alpha value is -2.52. The number of pyridine rings is 2. The highest BCUT2D eigenvalue weighted by Gasteiger charge is 2.38. The van der Waals surface area contributed by atoms with Crippen LogP contribution in [0.1, 0.15) is 42.5 Å². The molecule has 5 rings (SSSR count). The summed E-state index contributed by atoms with van der Waals surface area (Å²) >= 11 is 0. The van der Waals surface area contributed by atoms with Crippen LogP contribution in [-0.4, -0.2) is 69.5 Å². The van der Waals surface area contributed by atoms with Gasteiger partial charge in [-0.05, 0) is 44.2 Å². The third-order valence-corrected chi connectivity index (χ3v) is 6.84. The van der Waals surface area contributed by atoms with E-state index in [-0.39, 0.29) is 23.5 Å². The van der Waals surface area contributed by atoms with Crippen molar-refractivity contribution < 1.29 is 19.0 Å². The van der Waals surface area contributed by atoms with E-state index in [9.17, 15) is 19.1 Å². The Morgan fingerprint density at radius 2 is 2.10 bits per heavy atom. The number of aromatic hydroxyl groups is 1.